The van der Waals surface area contributed by atoms with E-state index in [1.165, 1.54) is 0 Å². The van der Waals surface area contributed by atoms with Crippen molar-refractivity contribution in [3.05, 3.63) is 48.3 Å². The summed E-state index contributed by atoms with van der Waals surface area (Å²) in [6.45, 7) is 0.237. The number of hydrogen-bond acceptors (Lipinski definition) is 3. The Balaban J connectivity index is 2.25. The molecule has 0 bridgehead atoms. The second kappa shape index (κ2) is 4.25. The molecule has 2 aromatic rings. The Morgan fingerprint density at radius 1 is 1.33 bits per heavy atom. The van der Waals surface area contributed by atoms with Gasteiger partial charge in [-0.1, -0.05) is 12.1 Å². The average molecular weight is 203 g/mol. The molecule has 0 aliphatic carbocycles. The predicted molar refractivity (Wildman–Crippen MR) is 57.6 cm³/mol. The summed E-state index contributed by atoms with van der Waals surface area (Å²) in [6, 6.07) is 9.38. The zero-order valence-electron chi connectivity index (χ0n) is 8.24. The SMILES string of the molecule is NC[C@H](O)c1ccc(-n2cccn2)cc1. The molecule has 1 heterocycles. The van der Waals surface area contributed by atoms with E-state index in [2.05, 4.69) is 5.10 Å². The van der Waals surface area contributed by atoms with Crippen molar-refractivity contribution in [1.29, 1.82) is 0 Å². The molecule has 3 N–H and O–H groups in total. The third-order valence-electron chi connectivity index (χ3n) is 2.27. The summed E-state index contributed by atoms with van der Waals surface area (Å²) in [6.07, 6.45) is 3.01. The molecule has 0 spiro atoms. The lowest BCUT2D eigenvalue weighted by Gasteiger charge is -2.08. The van der Waals surface area contributed by atoms with Crippen LogP contribution in [0.15, 0.2) is 42.7 Å². The van der Waals surface area contributed by atoms with E-state index in [1.54, 1.807) is 10.9 Å². The summed E-state index contributed by atoms with van der Waals surface area (Å²) in [5.41, 5.74) is 7.16. The highest BCUT2D eigenvalue weighted by atomic mass is 16.3. The van der Waals surface area contributed by atoms with E-state index < -0.39 is 6.10 Å². The summed E-state index contributed by atoms with van der Waals surface area (Å²) < 4.78 is 1.76. The van der Waals surface area contributed by atoms with Crippen LogP contribution in [-0.2, 0) is 0 Å². The largest absolute Gasteiger partial charge is 0.387 e. The minimum absolute atomic E-state index is 0.237. The highest BCUT2D eigenvalue weighted by Crippen LogP contribution is 2.14. The smallest absolute Gasteiger partial charge is 0.0912 e. The second-order valence-corrected chi connectivity index (χ2v) is 3.29. The van der Waals surface area contributed by atoms with Crippen LogP contribution >= 0.6 is 0 Å². The summed E-state index contributed by atoms with van der Waals surface area (Å²) in [5, 5.41) is 13.6. The first-order valence-corrected chi connectivity index (χ1v) is 4.79. The standard InChI is InChI=1S/C11H13N3O/c12-8-11(15)9-2-4-10(5-3-9)14-7-1-6-13-14/h1-7,11,15H,8,12H2/t11-/m0/s1. The van der Waals surface area contributed by atoms with Gasteiger partial charge in [-0.3, -0.25) is 0 Å². The van der Waals surface area contributed by atoms with Gasteiger partial charge >= 0.3 is 0 Å². The van der Waals surface area contributed by atoms with Crippen molar-refractivity contribution >= 4 is 0 Å². The summed E-state index contributed by atoms with van der Waals surface area (Å²) in [7, 11) is 0. The van der Waals surface area contributed by atoms with Crippen LogP contribution in [0.3, 0.4) is 0 Å². The molecule has 0 saturated heterocycles. The minimum atomic E-state index is -0.586. The van der Waals surface area contributed by atoms with Gasteiger partial charge in [0.1, 0.15) is 0 Å². The average Bonchev–Trinajstić information content (AvgIpc) is 2.82. The number of benzene rings is 1. The van der Waals surface area contributed by atoms with Gasteiger partial charge in [0.05, 0.1) is 11.8 Å². The van der Waals surface area contributed by atoms with Gasteiger partial charge in [0.15, 0.2) is 0 Å². The Morgan fingerprint density at radius 2 is 2.07 bits per heavy atom. The van der Waals surface area contributed by atoms with E-state index in [-0.39, 0.29) is 6.54 Å². The second-order valence-electron chi connectivity index (χ2n) is 3.29. The molecule has 0 amide bonds. The monoisotopic (exact) mass is 203 g/mol. The lowest BCUT2D eigenvalue weighted by molar-refractivity contribution is 0.187. The van der Waals surface area contributed by atoms with Crippen LogP contribution in [0.2, 0.25) is 0 Å². The number of aliphatic hydroxyl groups excluding tert-OH is 1. The fourth-order valence-corrected chi connectivity index (χ4v) is 1.41. The van der Waals surface area contributed by atoms with Crippen molar-refractivity contribution in [2.24, 2.45) is 5.73 Å². The third kappa shape index (κ3) is 2.06. The molecule has 0 aliphatic heterocycles. The number of hydrogen-bond donors (Lipinski definition) is 2. The zero-order chi connectivity index (χ0) is 10.7. The van der Waals surface area contributed by atoms with Gasteiger partial charge in [-0.05, 0) is 23.8 Å². The van der Waals surface area contributed by atoms with Gasteiger partial charge in [0, 0.05) is 18.9 Å². The topological polar surface area (TPSA) is 64.1 Å². The van der Waals surface area contributed by atoms with E-state index >= 15 is 0 Å². The van der Waals surface area contributed by atoms with E-state index in [4.69, 9.17) is 5.73 Å². The lowest BCUT2D eigenvalue weighted by atomic mass is 10.1. The van der Waals surface area contributed by atoms with Crippen LogP contribution in [0.25, 0.3) is 5.69 Å². The first-order valence-electron chi connectivity index (χ1n) is 4.79. The first kappa shape index (κ1) is 9.89. The van der Waals surface area contributed by atoms with Gasteiger partial charge in [0.25, 0.3) is 0 Å². The number of aromatic nitrogens is 2. The molecule has 0 aliphatic rings. The molecular weight excluding hydrogens is 190 g/mol. The highest BCUT2D eigenvalue weighted by molar-refractivity contribution is 5.34. The first-order chi connectivity index (χ1) is 7.31. The number of rotatable bonds is 3. The van der Waals surface area contributed by atoms with E-state index in [0.717, 1.165) is 11.3 Å². The van der Waals surface area contributed by atoms with E-state index in [9.17, 15) is 5.11 Å². The van der Waals surface area contributed by atoms with Gasteiger partial charge < -0.3 is 10.8 Å². The van der Waals surface area contributed by atoms with Gasteiger partial charge in [0.2, 0.25) is 0 Å². The van der Waals surface area contributed by atoms with Crippen molar-refractivity contribution < 1.29 is 5.11 Å². The molecule has 1 atom stereocenters. The Labute approximate surface area is 88.0 Å². The summed E-state index contributed by atoms with van der Waals surface area (Å²) in [4.78, 5) is 0. The van der Waals surface area contributed by atoms with E-state index in [0.29, 0.717) is 0 Å². The minimum Gasteiger partial charge on any atom is -0.387 e. The predicted octanol–water partition coefficient (Wildman–Crippen LogP) is 0.864. The maximum atomic E-state index is 9.50. The Hall–Kier alpha value is -1.65. The molecule has 0 radical (unpaired) electrons. The Morgan fingerprint density at radius 3 is 2.60 bits per heavy atom. The number of nitrogens with zero attached hydrogens (tertiary/aromatic N) is 2. The summed E-state index contributed by atoms with van der Waals surface area (Å²) >= 11 is 0. The maximum Gasteiger partial charge on any atom is 0.0912 e. The van der Waals surface area contributed by atoms with Crippen molar-refractivity contribution in [1.82, 2.24) is 9.78 Å². The molecule has 4 nitrogen and oxygen atoms in total. The molecule has 0 unspecified atom stereocenters. The lowest BCUT2D eigenvalue weighted by Crippen LogP contribution is -2.11. The molecular formula is C11H13N3O. The zero-order valence-corrected chi connectivity index (χ0v) is 8.24. The van der Waals surface area contributed by atoms with Crippen LogP contribution < -0.4 is 5.73 Å². The molecule has 2 rings (SSSR count). The van der Waals surface area contributed by atoms with Crippen molar-refractivity contribution in [3.8, 4) is 5.69 Å². The van der Waals surface area contributed by atoms with Crippen molar-refractivity contribution in [2.45, 2.75) is 6.10 Å². The molecule has 4 heteroatoms. The summed E-state index contributed by atoms with van der Waals surface area (Å²) in [5.74, 6) is 0. The molecule has 1 aromatic heterocycles. The highest BCUT2D eigenvalue weighted by Gasteiger charge is 2.04. The van der Waals surface area contributed by atoms with Gasteiger partial charge in [-0.15, -0.1) is 0 Å². The van der Waals surface area contributed by atoms with Crippen LogP contribution in [0.1, 0.15) is 11.7 Å². The molecule has 78 valence electrons. The van der Waals surface area contributed by atoms with Crippen LogP contribution in [0.5, 0.6) is 0 Å². The number of aliphatic hydroxyl groups is 1. The molecule has 15 heavy (non-hydrogen) atoms. The van der Waals surface area contributed by atoms with Crippen LogP contribution in [0.4, 0.5) is 0 Å². The normalized spacial score (nSPS) is 12.7. The molecule has 1 aromatic carbocycles. The Kier molecular flexibility index (Phi) is 2.80. The van der Waals surface area contributed by atoms with Crippen molar-refractivity contribution in [2.75, 3.05) is 6.54 Å². The van der Waals surface area contributed by atoms with Gasteiger partial charge in [-0.2, -0.15) is 5.10 Å². The fraction of sp³-hybridized carbons (Fsp3) is 0.182. The number of nitrogens with two attached hydrogens (primary N) is 1. The van der Waals surface area contributed by atoms with Crippen molar-refractivity contribution in [3.63, 3.8) is 0 Å². The maximum absolute atomic E-state index is 9.50. The Bertz CT molecular complexity index is 408. The fourth-order valence-electron chi connectivity index (χ4n) is 1.41. The molecule has 0 saturated carbocycles. The van der Waals surface area contributed by atoms with E-state index in [1.807, 2.05) is 36.5 Å². The quantitative estimate of drug-likeness (QED) is 0.777. The third-order valence-corrected chi connectivity index (χ3v) is 2.27. The van der Waals surface area contributed by atoms with Gasteiger partial charge in [-0.25, -0.2) is 4.68 Å². The van der Waals surface area contributed by atoms with Crippen LogP contribution in [-0.4, -0.2) is 21.4 Å². The van der Waals surface area contributed by atoms with Crippen LogP contribution in [0, 0.1) is 0 Å². The molecule has 0 fully saturated rings.